The number of hydrogen-bond acceptors (Lipinski definition) is 3. The molecule has 1 aliphatic heterocycles. The van der Waals surface area contributed by atoms with Crippen LogP contribution in [0.4, 0.5) is 0 Å². The maximum atomic E-state index is 5.76. The van der Waals surface area contributed by atoms with Crippen molar-refractivity contribution in [1.82, 2.24) is 4.90 Å². The topological polar surface area (TPSA) is 38.5 Å². The second kappa shape index (κ2) is 5.99. The summed E-state index contributed by atoms with van der Waals surface area (Å²) < 4.78 is 5.68. The Kier molecular flexibility index (Phi) is 4.62. The van der Waals surface area contributed by atoms with Crippen LogP contribution in [0.15, 0.2) is 0 Å². The van der Waals surface area contributed by atoms with E-state index in [1.54, 1.807) is 0 Å². The van der Waals surface area contributed by atoms with Crippen molar-refractivity contribution in [2.24, 2.45) is 11.7 Å². The molecule has 2 rings (SSSR count). The Morgan fingerprint density at radius 2 is 2.12 bits per heavy atom. The molecule has 2 N–H and O–H groups in total. The molecule has 0 amide bonds. The van der Waals surface area contributed by atoms with Crippen molar-refractivity contribution >= 4 is 0 Å². The van der Waals surface area contributed by atoms with Crippen molar-refractivity contribution in [3.8, 4) is 0 Å². The van der Waals surface area contributed by atoms with Gasteiger partial charge in [-0.1, -0.05) is 6.42 Å². The average molecular weight is 226 g/mol. The zero-order valence-corrected chi connectivity index (χ0v) is 10.5. The van der Waals surface area contributed by atoms with Gasteiger partial charge in [0.1, 0.15) is 0 Å². The van der Waals surface area contributed by atoms with E-state index in [2.05, 4.69) is 11.8 Å². The number of hydrogen-bond donors (Lipinski definition) is 1. The van der Waals surface area contributed by atoms with Gasteiger partial charge >= 0.3 is 0 Å². The van der Waals surface area contributed by atoms with Gasteiger partial charge in [0.2, 0.25) is 0 Å². The molecule has 3 atom stereocenters. The maximum absolute atomic E-state index is 5.76. The van der Waals surface area contributed by atoms with Gasteiger partial charge in [-0.25, -0.2) is 0 Å². The first kappa shape index (κ1) is 12.3. The lowest BCUT2D eigenvalue weighted by Gasteiger charge is -2.39. The third-order valence-corrected chi connectivity index (χ3v) is 4.21. The predicted molar refractivity (Wildman–Crippen MR) is 66.4 cm³/mol. The van der Waals surface area contributed by atoms with Crippen LogP contribution in [0, 0.1) is 5.92 Å². The molecular weight excluding hydrogens is 200 g/mol. The molecule has 16 heavy (non-hydrogen) atoms. The minimum absolute atomic E-state index is 0.240. The summed E-state index contributed by atoms with van der Waals surface area (Å²) in [6.07, 6.45) is 7.32. The molecule has 3 heteroatoms. The fourth-order valence-electron chi connectivity index (χ4n) is 3.48. The Bertz CT molecular complexity index is 210. The summed E-state index contributed by atoms with van der Waals surface area (Å²) in [6.45, 7) is 5.79. The quantitative estimate of drug-likeness (QED) is 0.774. The Balaban J connectivity index is 1.87. The third-order valence-electron chi connectivity index (χ3n) is 4.21. The van der Waals surface area contributed by atoms with E-state index in [0.29, 0.717) is 6.54 Å². The van der Waals surface area contributed by atoms with Crippen LogP contribution in [0.3, 0.4) is 0 Å². The number of ether oxygens (including phenoxy) is 1. The summed E-state index contributed by atoms with van der Waals surface area (Å²) in [7, 11) is 0. The molecular formula is C13H26N2O. The van der Waals surface area contributed by atoms with Gasteiger partial charge in [0.05, 0.1) is 6.10 Å². The lowest BCUT2D eigenvalue weighted by atomic mass is 9.92. The monoisotopic (exact) mass is 226 g/mol. The molecule has 1 saturated heterocycles. The van der Waals surface area contributed by atoms with Gasteiger partial charge in [0.15, 0.2) is 0 Å². The lowest BCUT2D eigenvalue weighted by molar-refractivity contribution is 0.0103. The molecule has 3 nitrogen and oxygen atoms in total. The smallest absolute Gasteiger partial charge is 0.0823 e. The zero-order chi connectivity index (χ0) is 11.4. The third kappa shape index (κ3) is 2.76. The lowest BCUT2D eigenvalue weighted by Crippen LogP contribution is -2.48. The minimum atomic E-state index is 0.240. The Hall–Kier alpha value is -0.120. The summed E-state index contributed by atoms with van der Waals surface area (Å²) >= 11 is 0. The number of piperidine rings is 1. The molecule has 0 aromatic heterocycles. The summed E-state index contributed by atoms with van der Waals surface area (Å²) in [5, 5.41) is 0. The van der Waals surface area contributed by atoms with Crippen molar-refractivity contribution < 1.29 is 4.74 Å². The molecule has 1 heterocycles. The largest absolute Gasteiger partial charge is 0.376 e. The van der Waals surface area contributed by atoms with Crippen LogP contribution in [0.2, 0.25) is 0 Å². The van der Waals surface area contributed by atoms with Crippen molar-refractivity contribution in [2.75, 3.05) is 26.2 Å². The van der Waals surface area contributed by atoms with Crippen LogP contribution < -0.4 is 5.73 Å². The summed E-state index contributed by atoms with van der Waals surface area (Å²) in [5.41, 5.74) is 5.76. The number of likely N-dealkylation sites (tertiary alicyclic amines) is 1. The summed E-state index contributed by atoms with van der Waals surface area (Å²) in [5.74, 6) is 0.966. The standard InChI is InChI=1S/C13H26N2O/c1-2-16-12(9-14)10-15-8-4-6-11-5-3-7-13(11)15/h11-13H,2-10,14H2,1H3. The Labute approximate surface area is 99.3 Å². The zero-order valence-electron chi connectivity index (χ0n) is 10.5. The minimum Gasteiger partial charge on any atom is -0.376 e. The van der Waals surface area contributed by atoms with Gasteiger partial charge in [-0.2, -0.15) is 0 Å². The molecule has 0 aromatic rings. The Morgan fingerprint density at radius 1 is 1.31 bits per heavy atom. The van der Waals surface area contributed by atoms with Crippen LogP contribution >= 0.6 is 0 Å². The number of rotatable bonds is 5. The van der Waals surface area contributed by atoms with Crippen molar-refractivity contribution in [3.05, 3.63) is 0 Å². The van der Waals surface area contributed by atoms with Gasteiger partial charge in [-0.05, 0) is 45.1 Å². The first-order valence-corrected chi connectivity index (χ1v) is 6.90. The second-order valence-electron chi connectivity index (χ2n) is 5.21. The van der Waals surface area contributed by atoms with E-state index in [4.69, 9.17) is 10.5 Å². The molecule has 94 valence electrons. The molecule has 0 bridgehead atoms. The van der Waals surface area contributed by atoms with Gasteiger partial charge in [0.25, 0.3) is 0 Å². The van der Waals surface area contributed by atoms with Crippen LogP contribution in [0.25, 0.3) is 0 Å². The van der Waals surface area contributed by atoms with Gasteiger partial charge in [-0.3, -0.25) is 4.90 Å². The summed E-state index contributed by atoms with van der Waals surface area (Å²) in [4.78, 5) is 2.65. The van der Waals surface area contributed by atoms with Gasteiger partial charge in [-0.15, -0.1) is 0 Å². The first-order chi connectivity index (χ1) is 7.85. The van der Waals surface area contributed by atoms with Crippen molar-refractivity contribution in [1.29, 1.82) is 0 Å². The van der Waals surface area contributed by atoms with Gasteiger partial charge in [0, 0.05) is 25.7 Å². The first-order valence-electron chi connectivity index (χ1n) is 6.90. The molecule has 1 aliphatic carbocycles. The van der Waals surface area contributed by atoms with E-state index in [1.807, 2.05) is 0 Å². The number of nitrogens with two attached hydrogens (primary N) is 1. The normalized spacial score (nSPS) is 32.6. The maximum Gasteiger partial charge on any atom is 0.0823 e. The highest BCUT2D eigenvalue weighted by Gasteiger charge is 2.35. The highest BCUT2D eigenvalue weighted by molar-refractivity contribution is 4.90. The molecule has 2 fully saturated rings. The number of nitrogens with zero attached hydrogens (tertiary/aromatic N) is 1. The molecule has 0 aromatic carbocycles. The van der Waals surface area contributed by atoms with Gasteiger partial charge < -0.3 is 10.5 Å². The molecule has 3 unspecified atom stereocenters. The average Bonchev–Trinajstić information content (AvgIpc) is 2.77. The van der Waals surface area contributed by atoms with E-state index >= 15 is 0 Å². The van der Waals surface area contributed by atoms with Crippen LogP contribution in [-0.4, -0.2) is 43.3 Å². The molecule has 0 spiro atoms. The van der Waals surface area contributed by atoms with E-state index in [-0.39, 0.29) is 6.10 Å². The van der Waals surface area contributed by atoms with Crippen molar-refractivity contribution in [2.45, 2.75) is 51.2 Å². The fourth-order valence-corrected chi connectivity index (χ4v) is 3.48. The Morgan fingerprint density at radius 3 is 2.88 bits per heavy atom. The van der Waals surface area contributed by atoms with Crippen LogP contribution in [0.1, 0.15) is 39.0 Å². The SMILES string of the molecule is CCOC(CN)CN1CCCC2CCCC21. The van der Waals surface area contributed by atoms with Crippen LogP contribution in [0.5, 0.6) is 0 Å². The highest BCUT2D eigenvalue weighted by atomic mass is 16.5. The van der Waals surface area contributed by atoms with E-state index in [9.17, 15) is 0 Å². The fraction of sp³-hybridized carbons (Fsp3) is 1.00. The predicted octanol–water partition coefficient (Wildman–Crippen LogP) is 1.61. The highest BCUT2D eigenvalue weighted by Crippen LogP contribution is 2.36. The van der Waals surface area contributed by atoms with Crippen molar-refractivity contribution in [3.63, 3.8) is 0 Å². The van der Waals surface area contributed by atoms with E-state index in [0.717, 1.165) is 25.1 Å². The summed E-state index contributed by atoms with van der Waals surface area (Å²) in [6, 6.07) is 0.836. The molecule has 0 radical (unpaired) electrons. The number of fused-ring (bicyclic) bond motifs is 1. The van der Waals surface area contributed by atoms with E-state index in [1.165, 1.54) is 38.6 Å². The molecule has 1 saturated carbocycles. The van der Waals surface area contributed by atoms with Crippen LogP contribution in [-0.2, 0) is 4.74 Å². The van der Waals surface area contributed by atoms with E-state index < -0.39 is 0 Å². The molecule has 2 aliphatic rings. The second-order valence-corrected chi connectivity index (χ2v) is 5.21.